The number of carbonyl (C=O) groups is 2. The van der Waals surface area contributed by atoms with E-state index >= 15 is 0 Å². The van der Waals surface area contributed by atoms with Crippen LogP contribution in [0.15, 0.2) is 48.7 Å². The van der Waals surface area contributed by atoms with E-state index in [9.17, 15) is 9.59 Å². The second-order valence-corrected chi connectivity index (χ2v) is 7.85. The van der Waals surface area contributed by atoms with Gasteiger partial charge < -0.3 is 10.6 Å². The number of benzene rings is 1. The van der Waals surface area contributed by atoms with E-state index < -0.39 is 0 Å². The van der Waals surface area contributed by atoms with Crippen molar-refractivity contribution in [1.82, 2.24) is 10.3 Å². The van der Waals surface area contributed by atoms with E-state index in [1.54, 1.807) is 6.20 Å². The summed E-state index contributed by atoms with van der Waals surface area (Å²) in [5.74, 6) is 0.560. The van der Waals surface area contributed by atoms with E-state index in [1.165, 1.54) is 5.56 Å². The number of amides is 2. The molecule has 1 heterocycles. The highest BCUT2D eigenvalue weighted by Crippen LogP contribution is 2.30. The minimum Gasteiger partial charge on any atom is -0.350 e. The standard InChI is InChI=1S/C23H29N3O2/c1-16(2)17-10-12-20(13-11-17)26-23(28)19-8-6-18(7-9-19)22(27)25-15-21-5-3-4-14-24-21/h3-5,10-14,16,18-19H,6-9,15H2,1-2H3,(H,25,27)(H,26,28). The first-order chi connectivity index (χ1) is 13.5. The Morgan fingerprint density at radius 3 is 2.18 bits per heavy atom. The number of aromatic nitrogens is 1. The average molecular weight is 380 g/mol. The Balaban J connectivity index is 1.43. The van der Waals surface area contributed by atoms with Crippen molar-refractivity contribution in [3.8, 4) is 0 Å². The van der Waals surface area contributed by atoms with Crippen molar-refractivity contribution in [3.63, 3.8) is 0 Å². The van der Waals surface area contributed by atoms with Gasteiger partial charge in [-0.2, -0.15) is 0 Å². The second kappa shape index (κ2) is 9.49. The van der Waals surface area contributed by atoms with Crippen LogP contribution in [0.25, 0.3) is 0 Å². The molecule has 1 aliphatic rings. The van der Waals surface area contributed by atoms with E-state index in [4.69, 9.17) is 0 Å². The molecule has 1 aliphatic carbocycles. The zero-order valence-corrected chi connectivity index (χ0v) is 16.7. The van der Waals surface area contributed by atoms with Crippen molar-refractivity contribution >= 4 is 17.5 Å². The molecule has 28 heavy (non-hydrogen) atoms. The maximum atomic E-state index is 12.6. The molecular weight excluding hydrogens is 350 g/mol. The number of pyridine rings is 1. The molecule has 0 spiro atoms. The third-order valence-electron chi connectivity index (χ3n) is 5.48. The number of hydrogen-bond donors (Lipinski definition) is 2. The molecule has 0 atom stereocenters. The Morgan fingerprint density at radius 2 is 1.61 bits per heavy atom. The number of nitrogens with zero attached hydrogens (tertiary/aromatic N) is 1. The molecule has 2 N–H and O–H groups in total. The normalized spacial score (nSPS) is 19.2. The van der Waals surface area contributed by atoms with E-state index in [-0.39, 0.29) is 23.7 Å². The largest absolute Gasteiger partial charge is 0.350 e. The van der Waals surface area contributed by atoms with Crippen molar-refractivity contribution < 1.29 is 9.59 Å². The van der Waals surface area contributed by atoms with Crippen LogP contribution < -0.4 is 10.6 Å². The van der Waals surface area contributed by atoms with E-state index in [1.807, 2.05) is 30.3 Å². The van der Waals surface area contributed by atoms with Gasteiger partial charge in [0.25, 0.3) is 0 Å². The summed E-state index contributed by atoms with van der Waals surface area (Å²) in [6.07, 6.45) is 4.72. The SMILES string of the molecule is CC(C)c1ccc(NC(=O)C2CCC(C(=O)NCc3ccccn3)CC2)cc1. The summed E-state index contributed by atoms with van der Waals surface area (Å²) in [5, 5.41) is 5.99. The van der Waals surface area contributed by atoms with Crippen molar-refractivity contribution in [2.24, 2.45) is 11.8 Å². The minimum absolute atomic E-state index is 0.0157. The minimum atomic E-state index is -0.0235. The smallest absolute Gasteiger partial charge is 0.227 e. The van der Waals surface area contributed by atoms with Crippen LogP contribution in [0.2, 0.25) is 0 Å². The Morgan fingerprint density at radius 1 is 0.964 bits per heavy atom. The third kappa shape index (κ3) is 5.41. The lowest BCUT2D eigenvalue weighted by Gasteiger charge is -2.27. The molecule has 1 fully saturated rings. The Bertz CT molecular complexity index is 779. The molecule has 5 nitrogen and oxygen atoms in total. The lowest BCUT2D eigenvalue weighted by Crippen LogP contribution is -2.35. The Kier molecular flexibility index (Phi) is 6.80. The highest BCUT2D eigenvalue weighted by Gasteiger charge is 2.29. The predicted molar refractivity (Wildman–Crippen MR) is 111 cm³/mol. The summed E-state index contributed by atoms with van der Waals surface area (Å²) < 4.78 is 0. The number of rotatable bonds is 6. The van der Waals surface area contributed by atoms with Gasteiger partial charge >= 0.3 is 0 Å². The summed E-state index contributed by atoms with van der Waals surface area (Å²) in [6.45, 7) is 4.75. The van der Waals surface area contributed by atoms with E-state index in [0.717, 1.165) is 37.1 Å². The predicted octanol–water partition coefficient (Wildman–Crippen LogP) is 4.27. The van der Waals surface area contributed by atoms with Gasteiger partial charge in [0, 0.05) is 23.7 Å². The first-order valence-electron chi connectivity index (χ1n) is 10.1. The summed E-state index contributed by atoms with van der Waals surface area (Å²) in [6, 6.07) is 13.7. The maximum absolute atomic E-state index is 12.6. The topological polar surface area (TPSA) is 71.1 Å². The zero-order valence-electron chi connectivity index (χ0n) is 16.7. The molecule has 1 aromatic heterocycles. The van der Waals surface area contributed by atoms with Gasteiger partial charge in [0.1, 0.15) is 0 Å². The summed E-state index contributed by atoms with van der Waals surface area (Å²) in [7, 11) is 0. The molecule has 5 heteroatoms. The maximum Gasteiger partial charge on any atom is 0.227 e. The summed E-state index contributed by atoms with van der Waals surface area (Å²) in [5.41, 5.74) is 2.95. The van der Waals surface area contributed by atoms with E-state index in [0.29, 0.717) is 12.5 Å². The van der Waals surface area contributed by atoms with Gasteiger partial charge in [-0.15, -0.1) is 0 Å². The van der Waals surface area contributed by atoms with Gasteiger partial charge in [-0.25, -0.2) is 0 Å². The lowest BCUT2D eigenvalue weighted by atomic mass is 9.81. The van der Waals surface area contributed by atoms with Crippen LogP contribution in [-0.2, 0) is 16.1 Å². The highest BCUT2D eigenvalue weighted by molar-refractivity contribution is 5.92. The quantitative estimate of drug-likeness (QED) is 0.787. The number of carbonyl (C=O) groups excluding carboxylic acids is 2. The molecule has 0 aliphatic heterocycles. The van der Waals surface area contributed by atoms with Crippen LogP contribution in [0.3, 0.4) is 0 Å². The van der Waals surface area contributed by atoms with Gasteiger partial charge in [-0.3, -0.25) is 14.6 Å². The molecule has 2 amide bonds. The van der Waals surface area contributed by atoms with Crippen molar-refractivity contribution in [3.05, 3.63) is 59.9 Å². The molecular formula is C23H29N3O2. The monoisotopic (exact) mass is 379 g/mol. The van der Waals surface area contributed by atoms with Gasteiger partial charge in [0.05, 0.1) is 12.2 Å². The highest BCUT2D eigenvalue weighted by atomic mass is 16.2. The number of anilines is 1. The second-order valence-electron chi connectivity index (χ2n) is 7.85. The fraction of sp³-hybridized carbons (Fsp3) is 0.435. The van der Waals surface area contributed by atoms with Gasteiger partial charge in [-0.05, 0) is 61.4 Å². The molecule has 1 saturated carbocycles. The van der Waals surface area contributed by atoms with Gasteiger partial charge in [-0.1, -0.05) is 32.0 Å². The number of nitrogens with one attached hydrogen (secondary N) is 2. The van der Waals surface area contributed by atoms with Crippen LogP contribution in [0.1, 0.15) is 56.7 Å². The van der Waals surface area contributed by atoms with Crippen LogP contribution in [0, 0.1) is 11.8 Å². The molecule has 3 rings (SSSR count). The van der Waals surface area contributed by atoms with Crippen molar-refractivity contribution in [2.45, 2.75) is 52.0 Å². The molecule has 0 bridgehead atoms. The van der Waals surface area contributed by atoms with Crippen molar-refractivity contribution in [2.75, 3.05) is 5.32 Å². The zero-order chi connectivity index (χ0) is 19.9. The third-order valence-corrected chi connectivity index (χ3v) is 5.48. The average Bonchev–Trinajstić information content (AvgIpc) is 2.73. The van der Waals surface area contributed by atoms with Crippen molar-refractivity contribution in [1.29, 1.82) is 0 Å². The molecule has 0 saturated heterocycles. The van der Waals surface area contributed by atoms with Crippen LogP contribution >= 0.6 is 0 Å². The van der Waals surface area contributed by atoms with Gasteiger partial charge in [0.15, 0.2) is 0 Å². The molecule has 0 unspecified atom stereocenters. The molecule has 2 aromatic rings. The van der Waals surface area contributed by atoms with Crippen LogP contribution in [0.5, 0.6) is 0 Å². The molecule has 148 valence electrons. The molecule has 0 radical (unpaired) electrons. The Labute approximate surface area is 167 Å². The summed E-state index contributed by atoms with van der Waals surface area (Å²) in [4.78, 5) is 29.2. The van der Waals surface area contributed by atoms with Gasteiger partial charge in [0.2, 0.25) is 11.8 Å². The first kappa shape index (κ1) is 20.1. The lowest BCUT2D eigenvalue weighted by molar-refractivity contribution is -0.128. The fourth-order valence-electron chi connectivity index (χ4n) is 3.64. The van der Waals surface area contributed by atoms with Crippen LogP contribution in [-0.4, -0.2) is 16.8 Å². The fourth-order valence-corrected chi connectivity index (χ4v) is 3.64. The van der Waals surface area contributed by atoms with E-state index in [2.05, 4.69) is 41.6 Å². The summed E-state index contributed by atoms with van der Waals surface area (Å²) >= 11 is 0. The number of hydrogen-bond acceptors (Lipinski definition) is 3. The first-order valence-corrected chi connectivity index (χ1v) is 10.1. The van der Waals surface area contributed by atoms with Crippen LogP contribution in [0.4, 0.5) is 5.69 Å². The molecule has 1 aromatic carbocycles. The Hall–Kier alpha value is -2.69.